The van der Waals surface area contributed by atoms with Crippen LogP contribution < -0.4 is 10.2 Å². The Kier molecular flexibility index (Phi) is 5.14. The Labute approximate surface area is 191 Å². The highest BCUT2D eigenvalue weighted by Crippen LogP contribution is 2.32. The number of fused-ring (bicyclic) bond motifs is 1. The Morgan fingerprint density at radius 3 is 2.64 bits per heavy atom. The largest absolute Gasteiger partial charge is 0.472 e. The number of hydrogen-bond acceptors (Lipinski definition) is 6. The SMILES string of the molecule is C=C(Nc1cncc(-c2ccoc2)c1C)c1n[nH]c2ccc(-c3cncc(N(C)C)c3)cc12. The monoisotopic (exact) mass is 436 g/mol. The number of aromatic nitrogens is 4. The van der Waals surface area contributed by atoms with Gasteiger partial charge in [0, 0.05) is 48.6 Å². The zero-order valence-corrected chi connectivity index (χ0v) is 18.8. The molecule has 2 N–H and O–H groups in total. The standard InChI is InChI=1S/C26H24N6O/c1-16-23(19-7-8-33-15-19)13-28-14-25(16)29-17(2)26-22-10-18(5-6-24(22)30-31-26)20-9-21(32(3)4)12-27-11-20/h5-15,29H,2H2,1,3-4H3,(H,30,31). The van der Waals surface area contributed by atoms with Crippen LogP contribution in [-0.2, 0) is 0 Å². The minimum atomic E-state index is 0.688. The van der Waals surface area contributed by atoms with Crippen LogP contribution in [0.15, 0.2) is 78.6 Å². The molecule has 4 heterocycles. The average molecular weight is 437 g/mol. The third-order valence-electron chi connectivity index (χ3n) is 5.76. The van der Waals surface area contributed by atoms with E-state index in [4.69, 9.17) is 4.42 Å². The number of furan rings is 1. The van der Waals surface area contributed by atoms with E-state index in [-0.39, 0.29) is 0 Å². The van der Waals surface area contributed by atoms with E-state index in [2.05, 4.69) is 50.3 Å². The third-order valence-corrected chi connectivity index (χ3v) is 5.76. The lowest BCUT2D eigenvalue weighted by atomic mass is 10.0. The van der Waals surface area contributed by atoms with E-state index in [1.807, 2.05) is 56.6 Å². The van der Waals surface area contributed by atoms with E-state index in [0.29, 0.717) is 5.70 Å². The second kappa shape index (κ2) is 8.27. The highest BCUT2D eigenvalue weighted by Gasteiger charge is 2.14. The molecule has 7 heteroatoms. The molecule has 0 unspecified atom stereocenters. The topological polar surface area (TPSA) is 82.9 Å². The van der Waals surface area contributed by atoms with Gasteiger partial charge in [-0.05, 0) is 42.3 Å². The van der Waals surface area contributed by atoms with Crippen molar-refractivity contribution in [2.75, 3.05) is 24.3 Å². The summed E-state index contributed by atoms with van der Waals surface area (Å²) < 4.78 is 5.23. The third kappa shape index (κ3) is 3.85. The molecular formula is C26H24N6O. The fourth-order valence-corrected chi connectivity index (χ4v) is 3.84. The molecule has 0 saturated carbocycles. The quantitative estimate of drug-likeness (QED) is 0.353. The Morgan fingerprint density at radius 2 is 1.85 bits per heavy atom. The van der Waals surface area contributed by atoms with Crippen LogP contribution in [0.1, 0.15) is 11.3 Å². The summed E-state index contributed by atoms with van der Waals surface area (Å²) >= 11 is 0. The maximum Gasteiger partial charge on any atom is 0.116 e. The zero-order valence-electron chi connectivity index (χ0n) is 18.8. The molecule has 7 nitrogen and oxygen atoms in total. The Hall–Kier alpha value is -4.39. The second-order valence-electron chi connectivity index (χ2n) is 8.13. The molecular weight excluding hydrogens is 412 g/mol. The lowest BCUT2D eigenvalue weighted by Crippen LogP contribution is -2.08. The summed E-state index contributed by atoms with van der Waals surface area (Å²) in [4.78, 5) is 10.8. The van der Waals surface area contributed by atoms with Gasteiger partial charge in [-0.2, -0.15) is 5.10 Å². The normalized spacial score (nSPS) is 11.0. The highest BCUT2D eigenvalue weighted by atomic mass is 16.3. The molecule has 0 aliphatic rings. The number of anilines is 2. The van der Waals surface area contributed by atoms with Crippen LogP contribution in [-0.4, -0.2) is 34.3 Å². The van der Waals surface area contributed by atoms with Gasteiger partial charge in [-0.15, -0.1) is 0 Å². The zero-order chi connectivity index (χ0) is 22.9. The van der Waals surface area contributed by atoms with Gasteiger partial charge in [-0.25, -0.2) is 0 Å². The van der Waals surface area contributed by atoms with Crippen LogP contribution >= 0.6 is 0 Å². The van der Waals surface area contributed by atoms with Gasteiger partial charge in [-0.1, -0.05) is 12.6 Å². The summed E-state index contributed by atoms with van der Waals surface area (Å²) in [5, 5.41) is 12.0. The summed E-state index contributed by atoms with van der Waals surface area (Å²) in [6.45, 7) is 6.30. The molecule has 5 rings (SSSR count). The Balaban J connectivity index is 1.48. The summed E-state index contributed by atoms with van der Waals surface area (Å²) in [5.41, 5.74) is 9.46. The summed E-state index contributed by atoms with van der Waals surface area (Å²) in [6.07, 6.45) is 10.7. The molecule has 0 saturated heterocycles. The Bertz CT molecular complexity index is 1450. The van der Waals surface area contributed by atoms with Crippen LogP contribution in [0.2, 0.25) is 0 Å². The predicted molar refractivity (Wildman–Crippen MR) is 133 cm³/mol. The van der Waals surface area contributed by atoms with E-state index < -0.39 is 0 Å². The Morgan fingerprint density at radius 1 is 1.00 bits per heavy atom. The summed E-state index contributed by atoms with van der Waals surface area (Å²) in [7, 11) is 4.01. The molecule has 0 amide bonds. The van der Waals surface area contributed by atoms with Gasteiger partial charge < -0.3 is 14.6 Å². The van der Waals surface area contributed by atoms with Gasteiger partial charge in [0.25, 0.3) is 0 Å². The van der Waals surface area contributed by atoms with Crippen LogP contribution in [0.25, 0.3) is 38.9 Å². The molecule has 0 radical (unpaired) electrons. The number of hydrogen-bond donors (Lipinski definition) is 2. The fourth-order valence-electron chi connectivity index (χ4n) is 3.84. The fraction of sp³-hybridized carbons (Fsp3) is 0.115. The summed E-state index contributed by atoms with van der Waals surface area (Å²) in [6, 6.07) is 10.3. The minimum absolute atomic E-state index is 0.688. The van der Waals surface area contributed by atoms with Crippen molar-refractivity contribution in [1.29, 1.82) is 0 Å². The van der Waals surface area contributed by atoms with Crippen LogP contribution in [0, 0.1) is 6.92 Å². The van der Waals surface area contributed by atoms with E-state index >= 15 is 0 Å². The van der Waals surface area contributed by atoms with E-state index in [9.17, 15) is 0 Å². The van der Waals surface area contributed by atoms with Crippen molar-refractivity contribution in [2.24, 2.45) is 0 Å². The molecule has 4 aromatic heterocycles. The van der Waals surface area contributed by atoms with E-state index in [1.54, 1.807) is 18.7 Å². The maximum atomic E-state index is 5.23. The average Bonchev–Trinajstić information content (AvgIpc) is 3.50. The minimum Gasteiger partial charge on any atom is -0.472 e. The first kappa shape index (κ1) is 20.5. The number of benzene rings is 1. The smallest absolute Gasteiger partial charge is 0.116 e. The van der Waals surface area contributed by atoms with Gasteiger partial charge in [0.15, 0.2) is 0 Å². The van der Waals surface area contributed by atoms with Crippen molar-refractivity contribution in [3.63, 3.8) is 0 Å². The predicted octanol–water partition coefficient (Wildman–Crippen LogP) is 5.74. The molecule has 0 bridgehead atoms. The van der Waals surface area contributed by atoms with Crippen molar-refractivity contribution in [3.8, 4) is 22.3 Å². The summed E-state index contributed by atoms with van der Waals surface area (Å²) in [5.74, 6) is 0. The molecule has 0 aliphatic carbocycles. The number of aromatic amines is 1. The molecule has 0 atom stereocenters. The number of nitrogens with zero attached hydrogens (tertiary/aromatic N) is 4. The van der Waals surface area contributed by atoms with Crippen molar-refractivity contribution >= 4 is 28.0 Å². The van der Waals surface area contributed by atoms with Crippen LogP contribution in [0.5, 0.6) is 0 Å². The lowest BCUT2D eigenvalue weighted by Gasteiger charge is -2.14. The lowest BCUT2D eigenvalue weighted by molar-refractivity contribution is 0.568. The van der Waals surface area contributed by atoms with Crippen molar-refractivity contribution in [1.82, 2.24) is 20.2 Å². The number of nitrogens with one attached hydrogen (secondary N) is 2. The second-order valence-corrected chi connectivity index (χ2v) is 8.13. The van der Waals surface area contributed by atoms with Gasteiger partial charge in [0.1, 0.15) is 5.69 Å². The molecule has 0 fully saturated rings. The van der Waals surface area contributed by atoms with Gasteiger partial charge in [-0.3, -0.25) is 15.1 Å². The first-order chi connectivity index (χ1) is 16.0. The molecule has 1 aromatic carbocycles. The molecule has 164 valence electrons. The van der Waals surface area contributed by atoms with E-state index in [1.165, 1.54) is 0 Å². The van der Waals surface area contributed by atoms with Crippen molar-refractivity contribution in [2.45, 2.75) is 6.92 Å². The maximum absolute atomic E-state index is 5.23. The van der Waals surface area contributed by atoms with E-state index in [0.717, 1.165) is 55.8 Å². The number of H-pyrrole nitrogens is 1. The first-order valence-corrected chi connectivity index (χ1v) is 10.6. The molecule has 33 heavy (non-hydrogen) atoms. The number of rotatable bonds is 6. The van der Waals surface area contributed by atoms with Gasteiger partial charge in [0.05, 0.1) is 47.5 Å². The molecule has 5 aromatic rings. The van der Waals surface area contributed by atoms with Crippen molar-refractivity contribution < 1.29 is 4.42 Å². The van der Waals surface area contributed by atoms with Gasteiger partial charge >= 0.3 is 0 Å². The number of pyridine rings is 2. The highest BCUT2D eigenvalue weighted by molar-refractivity contribution is 5.95. The molecule has 0 spiro atoms. The van der Waals surface area contributed by atoms with Crippen LogP contribution in [0.4, 0.5) is 11.4 Å². The first-order valence-electron chi connectivity index (χ1n) is 10.6. The van der Waals surface area contributed by atoms with Gasteiger partial charge in [0.2, 0.25) is 0 Å². The van der Waals surface area contributed by atoms with Crippen LogP contribution in [0.3, 0.4) is 0 Å². The van der Waals surface area contributed by atoms with Crippen molar-refractivity contribution in [3.05, 3.63) is 85.5 Å². The molecule has 0 aliphatic heterocycles.